The summed E-state index contributed by atoms with van der Waals surface area (Å²) in [4.78, 5) is 20.9. The van der Waals surface area contributed by atoms with E-state index < -0.39 is 0 Å². The van der Waals surface area contributed by atoms with E-state index in [2.05, 4.69) is 15.2 Å². The number of hydrogen-bond donors (Lipinski definition) is 1. The van der Waals surface area contributed by atoms with Gasteiger partial charge in [-0.05, 0) is 24.3 Å². The number of rotatable bonds is 3. The van der Waals surface area contributed by atoms with Crippen LogP contribution in [0.4, 0.5) is 20.0 Å². The van der Waals surface area contributed by atoms with Crippen LogP contribution in [0.5, 0.6) is 0 Å². The maximum Gasteiger partial charge on any atom is 0.323 e. The number of anilines is 2. The Balaban J connectivity index is 1.33. The minimum atomic E-state index is -0.241. The highest BCUT2D eigenvalue weighted by molar-refractivity contribution is 7.14. The van der Waals surface area contributed by atoms with E-state index in [9.17, 15) is 9.18 Å². The molecule has 138 valence electrons. The summed E-state index contributed by atoms with van der Waals surface area (Å²) in [7, 11) is 0. The Labute approximate surface area is 161 Å². The highest BCUT2D eigenvalue weighted by atomic mass is 32.1. The number of aromatic nitrogens is 1. The molecule has 5 nitrogen and oxygen atoms in total. The van der Waals surface area contributed by atoms with Crippen LogP contribution in [0.1, 0.15) is 0 Å². The van der Waals surface area contributed by atoms with Crippen LogP contribution in [-0.2, 0) is 0 Å². The average molecular weight is 382 g/mol. The van der Waals surface area contributed by atoms with Crippen molar-refractivity contribution in [2.75, 3.05) is 36.4 Å². The molecule has 0 radical (unpaired) electrons. The number of amides is 2. The molecule has 0 aliphatic carbocycles. The normalized spacial score (nSPS) is 14.3. The zero-order valence-corrected chi connectivity index (χ0v) is 15.5. The zero-order valence-electron chi connectivity index (χ0n) is 14.6. The first-order valence-corrected chi connectivity index (χ1v) is 9.64. The predicted molar refractivity (Wildman–Crippen MR) is 107 cm³/mol. The summed E-state index contributed by atoms with van der Waals surface area (Å²) in [5.74, 6) is -0.241. The summed E-state index contributed by atoms with van der Waals surface area (Å²) in [6.45, 7) is 2.65. The smallest absolute Gasteiger partial charge is 0.323 e. The molecule has 1 aliphatic rings. The van der Waals surface area contributed by atoms with Crippen LogP contribution in [-0.4, -0.2) is 42.1 Å². The van der Waals surface area contributed by atoms with Gasteiger partial charge in [-0.25, -0.2) is 14.2 Å². The lowest BCUT2D eigenvalue weighted by molar-refractivity contribution is 0.208. The Kier molecular flexibility index (Phi) is 5.02. The van der Waals surface area contributed by atoms with Crippen LogP contribution in [0, 0.1) is 5.82 Å². The van der Waals surface area contributed by atoms with E-state index >= 15 is 0 Å². The van der Waals surface area contributed by atoms with E-state index in [0.29, 0.717) is 31.3 Å². The van der Waals surface area contributed by atoms with Crippen LogP contribution in [0.3, 0.4) is 0 Å². The molecule has 1 saturated heterocycles. The number of hydrogen-bond acceptors (Lipinski definition) is 4. The fourth-order valence-corrected chi connectivity index (χ4v) is 3.77. The second-order valence-electron chi connectivity index (χ2n) is 6.28. The maximum absolute atomic E-state index is 13.1. The highest BCUT2D eigenvalue weighted by Gasteiger charge is 2.22. The number of carbonyl (C=O) groups is 1. The Morgan fingerprint density at radius 3 is 2.41 bits per heavy atom. The number of urea groups is 1. The van der Waals surface area contributed by atoms with Crippen molar-refractivity contribution in [1.82, 2.24) is 9.88 Å². The molecule has 0 spiro atoms. The topological polar surface area (TPSA) is 48.5 Å². The monoisotopic (exact) mass is 382 g/mol. The number of carbonyl (C=O) groups excluding carboxylic acids is 1. The summed E-state index contributed by atoms with van der Waals surface area (Å²) < 4.78 is 13.1. The lowest BCUT2D eigenvalue weighted by Gasteiger charge is -2.35. The fraction of sp³-hybridized carbons (Fsp3) is 0.200. The third-order valence-electron chi connectivity index (χ3n) is 4.55. The van der Waals surface area contributed by atoms with Gasteiger partial charge in [0, 0.05) is 42.8 Å². The average Bonchev–Trinajstić information content (AvgIpc) is 3.18. The molecule has 2 heterocycles. The molecular weight excluding hydrogens is 363 g/mol. The van der Waals surface area contributed by atoms with Crippen molar-refractivity contribution in [1.29, 1.82) is 0 Å². The van der Waals surface area contributed by atoms with Gasteiger partial charge in [0.25, 0.3) is 0 Å². The summed E-state index contributed by atoms with van der Waals surface area (Å²) in [5, 5.41) is 5.43. The lowest BCUT2D eigenvalue weighted by Crippen LogP contribution is -2.50. The Morgan fingerprint density at radius 2 is 1.70 bits per heavy atom. The Hall–Kier alpha value is -2.93. The first-order valence-electron chi connectivity index (χ1n) is 8.76. The van der Waals surface area contributed by atoms with Gasteiger partial charge in [-0.2, -0.15) is 0 Å². The molecule has 1 N–H and O–H groups in total. The molecule has 2 amide bonds. The minimum absolute atomic E-state index is 0.136. The molecule has 3 aromatic rings. The number of thiazole rings is 1. The van der Waals surface area contributed by atoms with Gasteiger partial charge in [-0.15, -0.1) is 11.3 Å². The van der Waals surface area contributed by atoms with Gasteiger partial charge in [-0.3, -0.25) is 5.32 Å². The van der Waals surface area contributed by atoms with E-state index in [1.807, 2.05) is 35.7 Å². The van der Waals surface area contributed by atoms with Gasteiger partial charge >= 0.3 is 6.03 Å². The molecule has 4 rings (SSSR count). The molecule has 0 bridgehead atoms. The first-order chi connectivity index (χ1) is 13.2. The lowest BCUT2D eigenvalue weighted by atomic mass is 10.2. The molecule has 0 saturated carbocycles. The number of piperazine rings is 1. The van der Waals surface area contributed by atoms with Gasteiger partial charge in [-0.1, -0.05) is 30.3 Å². The van der Waals surface area contributed by atoms with E-state index in [-0.39, 0.29) is 11.8 Å². The zero-order chi connectivity index (χ0) is 18.6. The summed E-state index contributed by atoms with van der Waals surface area (Å²) in [5.41, 5.74) is 2.86. The van der Waals surface area contributed by atoms with Gasteiger partial charge in [0.1, 0.15) is 5.82 Å². The predicted octanol–water partition coefficient (Wildman–Crippen LogP) is 4.30. The number of benzene rings is 2. The second kappa shape index (κ2) is 7.75. The quantitative estimate of drug-likeness (QED) is 0.735. The van der Waals surface area contributed by atoms with Crippen LogP contribution >= 0.6 is 11.3 Å². The van der Waals surface area contributed by atoms with Crippen LogP contribution in [0.2, 0.25) is 0 Å². The highest BCUT2D eigenvalue weighted by Crippen LogP contribution is 2.25. The molecule has 0 unspecified atom stereocenters. The van der Waals surface area contributed by atoms with Crippen LogP contribution in [0.25, 0.3) is 11.3 Å². The van der Waals surface area contributed by atoms with Crippen molar-refractivity contribution in [3.63, 3.8) is 0 Å². The molecule has 27 heavy (non-hydrogen) atoms. The SMILES string of the molecule is O=C(Nc1nc(-c2ccccc2)cs1)N1CCN(c2ccc(F)cc2)CC1. The Morgan fingerprint density at radius 1 is 1.00 bits per heavy atom. The van der Waals surface area contributed by atoms with Crippen LogP contribution < -0.4 is 10.2 Å². The molecule has 1 aromatic heterocycles. The van der Waals surface area contributed by atoms with Gasteiger partial charge < -0.3 is 9.80 Å². The second-order valence-corrected chi connectivity index (χ2v) is 7.14. The maximum atomic E-state index is 13.1. The van der Waals surface area contributed by atoms with Crippen molar-refractivity contribution >= 4 is 28.2 Å². The Bertz CT molecular complexity index is 905. The molecule has 7 heteroatoms. The molecule has 1 fully saturated rings. The summed E-state index contributed by atoms with van der Waals surface area (Å²) in [6, 6.07) is 16.2. The minimum Gasteiger partial charge on any atom is -0.368 e. The standard InChI is InChI=1S/C20H19FN4OS/c21-16-6-8-17(9-7-16)24-10-12-25(13-11-24)20(26)23-19-22-18(14-27-19)15-4-2-1-3-5-15/h1-9,14H,10-13H2,(H,22,23,26). The largest absolute Gasteiger partial charge is 0.368 e. The van der Waals surface area contributed by atoms with E-state index in [1.165, 1.54) is 23.5 Å². The van der Waals surface area contributed by atoms with Crippen molar-refractivity contribution in [3.8, 4) is 11.3 Å². The number of nitrogens with zero attached hydrogens (tertiary/aromatic N) is 3. The number of halogens is 1. The van der Waals surface area contributed by atoms with E-state index in [4.69, 9.17) is 0 Å². The molecular formula is C20H19FN4OS. The van der Waals surface area contributed by atoms with E-state index in [0.717, 1.165) is 16.9 Å². The molecule has 2 aromatic carbocycles. The fourth-order valence-electron chi connectivity index (χ4n) is 3.06. The molecule has 0 atom stereocenters. The van der Waals surface area contributed by atoms with Crippen molar-refractivity contribution < 1.29 is 9.18 Å². The number of nitrogens with one attached hydrogen (secondary N) is 1. The van der Waals surface area contributed by atoms with Crippen molar-refractivity contribution in [2.45, 2.75) is 0 Å². The van der Waals surface area contributed by atoms with E-state index in [1.54, 1.807) is 17.0 Å². The molecule has 1 aliphatic heterocycles. The van der Waals surface area contributed by atoms with Gasteiger partial charge in [0.15, 0.2) is 5.13 Å². The third-order valence-corrected chi connectivity index (χ3v) is 5.30. The summed E-state index contributed by atoms with van der Waals surface area (Å²) >= 11 is 1.42. The third kappa shape index (κ3) is 4.09. The van der Waals surface area contributed by atoms with Crippen molar-refractivity contribution in [2.24, 2.45) is 0 Å². The summed E-state index contributed by atoms with van der Waals surface area (Å²) in [6.07, 6.45) is 0. The van der Waals surface area contributed by atoms with Crippen molar-refractivity contribution in [3.05, 3.63) is 65.8 Å². The first kappa shape index (κ1) is 17.5. The van der Waals surface area contributed by atoms with Gasteiger partial charge in [0.05, 0.1) is 5.69 Å². The van der Waals surface area contributed by atoms with Gasteiger partial charge in [0.2, 0.25) is 0 Å². The van der Waals surface area contributed by atoms with Crippen LogP contribution in [0.15, 0.2) is 60.0 Å².